The van der Waals surface area contributed by atoms with Gasteiger partial charge in [0.1, 0.15) is 0 Å². The van der Waals surface area contributed by atoms with Crippen molar-refractivity contribution in [3.63, 3.8) is 0 Å². The van der Waals surface area contributed by atoms with Crippen LogP contribution in [-0.2, 0) is 0 Å². The van der Waals surface area contributed by atoms with Gasteiger partial charge in [-0.05, 0) is 37.3 Å². The Bertz CT molecular complexity index is 1030. The number of nitrogens with zero attached hydrogens (tertiary/aromatic N) is 4. The Morgan fingerprint density at radius 2 is 1.61 bits per heavy atom. The van der Waals surface area contributed by atoms with Crippen LogP contribution < -0.4 is 14.4 Å². The number of aryl methyl sites for hydroxylation is 1. The van der Waals surface area contributed by atoms with Crippen LogP contribution in [0.3, 0.4) is 0 Å². The highest BCUT2D eigenvalue weighted by atomic mass is 35.5. The topological polar surface area (TPSA) is 59.8 Å². The fraction of sp³-hybridized carbons (Fsp3) is 0.304. The van der Waals surface area contributed by atoms with Gasteiger partial charge in [0.05, 0.1) is 14.2 Å². The number of piperazine rings is 1. The summed E-state index contributed by atoms with van der Waals surface area (Å²) in [6.45, 7) is 4.79. The van der Waals surface area contributed by atoms with Crippen LogP contribution in [0.25, 0.3) is 5.69 Å². The summed E-state index contributed by atoms with van der Waals surface area (Å²) in [5.41, 5.74) is 2.90. The summed E-state index contributed by atoms with van der Waals surface area (Å²) in [6.07, 6.45) is 3.79. The zero-order valence-electron chi connectivity index (χ0n) is 17.9. The van der Waals surface area contributed by atoms with E-state index in [4.69, 9.17) is 9.47 Å². The summed E-state index contributed by atoms with van der Waals surface area (Å²) in [5.74, 6) is 2.07. The number of benzene rings is 2. The van der Waals surface area contributed by atoms with Gasteiger partial charge >= 0.3 is 0 Å². The number of aromatic nitrogens is 2. The van der Waals surface area contributed by atoms with Crippen molar-refractivity contribution in [1.82, 2.24) is 14.5 Å². The van der Waals surface area contributed by atoms with E-state index in [-0.39, 0.29) is 18.3 Å². The number of carbonyl (C=O) groups excluding carboxylic acids is 1. The van der Waals surface area contributed by atoms with Gasteiger partial charge in [0.2, 0.25) is 5.95 Å². The zero-order chi connectivity index (χ0) is 21.1. The molecule has 1 amide bonds. The Balaban J connectivity index is 0.00000272. The average Bonchev–Trinajstić information content (AvgIpc) is 3.28. The molecule has 1 aromatic heterocycles. The molecule has 1 aliphatic rings. The predicted octanol–water partition coefficient (Wildman–Crippen LogP) is 3.58. The van der Waals surface area contributed by atoms with E-state index < -0.39 is 0 Å². The van der Waals surface area contributed by atoms with Crippen LogP contribution in [0.4, 0.5) is 5.95 Å². The molecule has 3 aromatic rings. The molecule has 2 heterocycles. The van der Waals surface area contributed by atoms with Gasteiger partial charge in [0, 0.05) is 49.8 Å². The van der Waals surface area contributed by atoms with Gasteiger partial charge in [-0.15, -0.1) is 12.4 Å². The van der Waals surface area contributed by atoms with Gasteiger partial charge in [0.25, 0.3) is 5.91 Å². The van der Waals surface area contributed by atoms with Crippen LogP contribution in [0, 0.1) is 6.92 Å². The fourth-order valence-corrected chi connectivity index (χ4v) is 3.70. The molecular weight excluding hydrogens is 416 g/mol. The van der Waals surface area contributed by atoms with E-state index in [1.54, 1.807) is 32.4 Å². The Kier molecular flexibility index (Phi) is 7.07. The summed E-state index contributed by atoms with van der Waals surface area (Å²) in [4.78, 5) is 21.6. The van der Waals surface area contributed by atoms with E-state index in [0.717, 1.165) is 24.7 Å². The summed E-state index contributed by atoms with van der Waals surface area (Å²) >= 11 is 0. The number of imidazole rings is 1. The second-order valence-electron chi connectivity index (χ2n) is 7.28. The molecule has 164 valence electrons. The van der Waals surface area contributed by atoms with E-state index in [9.17, 15) is 4.79 Å². The lowest BCUT2D eigenvalue weighted by Crippen LogP contribution is -2.49. The maximum absolute atomic E-state index is 13.0. The molecule has 0 bridgehead atoms. The molecule has 1 aliphatic heterocycles. The summed E-state index contributed by atoms with van der Waals surface area (Å²) in [7, 11) is 3.15. The molecule has 0 atom stereocenters. The van der Waals surface area contributed by atoms with E-state index in [2.05, 4.69) is 45.6 Å². The molecule has 0 unspecified atom stereocenters. The number of hydrogen-bond acceptors (Lipinski definition) is 5. The minimum atomic E-state index is -0.00233. The van der Waals surface area contributed by atoms with Gasteiger partial charge in [0.15, 0.2) is 11.5 Å². The first-order valence-electron chi connectivity index (χ1n) is 9.97. The van der Waals surface area contributed by atoms with Crippen LogP contribution in [-0.4, -0.2) is 60.8 Å². The lowest BCUT2D eigenvalue weighted by Gasteiger charge is -2.35. The number of amides is 1. The van der Waals surface area contributed by atoms with Gasteiger partial charge < -0.3 is 19.3 Å². The SMILES string of the molecule is COc1ccc(C(=O)N2CCN(c3nccn3-c3ccc(C)cc3)CC2)cc1OC.Cl. The van der Waals surface area contributed by atoms with Crippen LogP contribution in [0.2, 0.25) is 0 Å². The normalized spacial score (nSPS) is 13.5. The minimum Gasteiger partial charge on any atom is -0.493 e. The second-order valence-corrected chi connectivity index (χ2v) is 7.28. The Morgan fingerprint density at radius 1 is 0.935 bits per heavy atom. The molecule has 0 saturated carbocycles. The van der Waals surface area contributed by atoms with E-state index >= 15 is 0 Å². The van der Waals surface area contributed by atoms with Crippen molar-refractivity contribution in [2.75, 3.05) is 45.3 Å². The van der Waals surface area contributed by atoms with E-state index in [1.165, 1.54) is 5.56 Å². The summed E-state index contributed by atoms with van der Waals surface area (Å²) in [5, 5.41) is 0. The van der Waals surface area contributed by atoms with E-state index in [1.807, 2.05) is 17.3 Å². The van der Waals surface area contributed by atoms with Gasteiger partial charge in [-0.1, -0.05) is 17.7 Å². The molecule has 2 aromatic carbocycles. The summed E-state index contributed by atoms with van der Waals surface area (Å²) < 4.78 is 12.7. The van der Waals surface area contributed by atoms with Crippen molar-refractivity contribution < 1.29 is 14.3 Å². The third kappa shape index (κ3) is 4.61. The standard InChI is InChI=1S/C23H26N4O3.ClH/c1-17-4-7-19(8-5-17)27-11-10-24-23(27)26-14-12-25(13-15-26)22(28)18-6-9-20(29-2)21(16-18)30-3;/h4-11,16H,12-15H2,1-3H3;1H. The van der Waals surface area contributed by atoms with Crippen molar-refractivity contribution in [3.05, 3.63) is 66.0 Å². The molecule has 1 fully saturated rings. The monoisotopic (exact) mass is 442 g/mol. The van der Waals surface area contributed by atoms with Crippen molar-refractivity contribution in [2.24, 2.45) is 0 Å². The second kappa shape index (κ2) is 9.75. The number of anilines is 1. The molecular formula is C23H27ClN4O3. The van der Waals surface area contributed by atoms with Crippen molar-refractivity contribution in [3.8, 4) is 17.2 Å². The molecule has 0 spiro atoms. The molecule has 8 heteroatoms. The number of methoxy groups -OCH3 is 2. The van der Waals surface area contributed by atoms with Gasteiger partial charge in [-0.2, -0.15) is 0 Å². The third-order valence-electron chi connectivity index (χ3n) is 5.41. The molecule has 4 rings (SSSR count). The highest BCUT2D eigenvalue weighted by molar-refractivity contribution is 5.95. The minimum absolute atomic E-state index is 0. The molecule has 0 aliphatic carbocycles. The first-order chi connectivity index (χ1) is 14.6. The number of carbonyl (C=O) groups is 1. The zero-order valence-corrected chi connectivity index (χ0v) is 18.8. The number of ether oxygens (including phenoxy) is 2. The molecule has 1 saturated heterocycles. The predicted molar refractivity (Wildman–Crippen MR) is 123 cm³/mol. The van der Waals surface area contributed by atoms with Crippen molar-refractivity contribution >= 4 is 24.3 Å². The molecule has 7 nitrogen and oxygen atoms in total. The maximum Gasteiger partial charge on any atom is 0.254 e. The molecule has 31 heavy (non-hydrogen) atoms. The Hall–Kier alpha value is -3.19. The lowest BCUT2D eigenvalue weighted by molar-refractivity contribution is 0.0745. The molecule has 0 N–H and O–H groups in total. The Morgan fingerprint density at radius 3 is 2.26 bits per heavy atom. The number of rotatable bonds is 5. The van der Waals surface area contributed by atoms with Crippen LogP contribution in [0.1, 0.15) is 15.9 Å². The van der Waals surface area contributed by atoms with Crippen LogP contribution in [0.5, 0.6) is 11.5 Å². The van der Waals surface area contributed by atoms with Gasteiger partial charge in [-0.3, -0.25) is 9.36 Å². The van der Waals surface area contributed by atoms with Crippen molar-refractivity contribution in [2.45, 2.75) is 6.92 Å². The number of hydrogen-bond donors (Lipinski definition) is 0. The maximum atomic E-state index is 13.0. The van der Waals surface area contributed by atoms with Gasteiger partial charge in [-0.25, -0.2) is 4.98 Å². The smallest absolute Gasteiger partial charge is 0.254 e. The van der Waals surface area contributed by atoms with Crippen molar-refractivity contribution in [1.29, 1.82) is 0 Å². The quantitative estimate of drug-likeness (QED) is 0.604. The highest BCUT2D eigenvalue weighted by Gasteiger charge is 2.25. The molecule has 0 radical (unpaired) electrons. The Labute approximate surface area is 188 Å². The first kappa shape index (κ1) is 22.5. The fourth-order valence-electron chi connectivity index (χ4n) is 3.70. The lowest BCUT2D eigenvalue weighted by atomic mass is 10.1. The third-order valence-corrected chi connectivity index (χ3v) is 5.41. The highest BCUT2D eigenvalue weighted by Crippen LogP contribution is 2.28. The largest absolute Gasteiger partial charge is 0.493 e. The number of halogens is 1. The van der Waals surface area contributed by atoms with E-state index in [0.29, 0.717) is 30.2 Å². The summed E-state index contributed by atoms with van der Waals surface area (Å²) in [6, 6.07) is 13.7. The van der Waals surface area contributed by atoms with Crippen LogP contribution >= 0.6 is 12.4 Å². The first-order valence-corrected chi connectivity index (χ1v) is 9.97. The van der Waals surface area contributed by atoms with Crippen LogP contribution in [0.15, 0.2) is 54.9 Å². The average molecular weight is 443 g/mol.